The van der Waals surface area contributed by atoms with Crippen LogP contribution in [0, 0.1) is 0 Å². The molecule has 26 heavy (non-hydrogen) atoms. The van der Waals surface area contributed by atoms with Crippen LogP contribution in [0.15, 0.2) is 48.8 Å². The van der Waals surface area contributed by atoms with Gasteiger partial charge in [-0.15, -0.1) is 0 Å². The lowest BCUT2D eigenvalue weighted by molar-refractivity contribution is -0.143. The predicted molar refractivity (Wildman–Crippen MR) is 92.5 cm³/mol. The fourth-order valence-electron chi connectivity index (χ4n) is 2.77. The molecular formula is C19H16N2O5. The first-order valence-electron chi connectivity index (χ1n) is 8.19. The second-order valence-electron chi connectivity index (χ2n) is 5.80. The maximum Gasteiger partial charge on any atom is 0.326 e. The molecule has 0 fully saturated rings. The van der Waals surface area contributed by atoms with E-state index in [9.17, 15) is 9.59 Å². The second-order valence-corrected chi connectivity index (χ2v) is 5.80. The topological polar surface area (TPSA) is 79.7 Å². The van der Waals surface area contributed by atoms with Gasteiger partial charge < -0.3 is 18.8 Å². The van der Waals surface area contributed by atoms with Crippen LogP contribution in [0.2, 0.25) is 0 Å². The summed E-state index contributed by atoms with van der Waals surface area (Å²) in [5.41, 5.74) is 2.05. The fraction of sp³-hybridized carbons (Fsp3) is 0.211. The Balaban J connectivity index is 1.37. The zero-order valence-electron chi connectivity index (χ0n) is 13.9. The summed E-state index contributed by atoms with van der Waals surface area (Å²) in [6.45, 7) is 0.597. The second kappa shape index (κ2) is 6.87. The number of esters is 1. The van der Waals surface area contributed by atoms with Crippen LogP contribution in [0.4, 0.5) is 0 Å². The predicted octanol–water partition coefficient (Wildman–Crippen LogP) is 2.23. The Morgan fingerprint density at radius 3 is 2.77 bits per heavy atom. The Hall–Kier alpha value is -3.35. The van der Waals surface area contributed by atoms with Crippen LogP contribution in [0.1, 0.15) is 10.4 Å². The molecule has 7 nitrogen and oxygen atoms in total. The number of ether oxygens (including phenoxy) is 3. The monoisotopic (exact) mass is 352 g/mol. The summed E-state index contributed by atoms with van der Waals surface area (Å²) in [5, 5.41) is 0. The normalized spacial score (nSPS) is 12.8. The average Bonchev–Trinajstić information content (AvgIpc) is 3.08. The lowest BCUT2D eigenvalue weighted by Crippen LogP contribution is -2.19. The molecule has 0 unspecified atom stereocenters. The van der Waals surface area contributed by atoms with E-state index in [2.05, 4.69) is 4.98 Å². The molecule has 0 N–H and O–H groups in total. The quantitative estimate of drug-likeness (QED) is 0.517. The molecule has 1 aliphatic heterocycles. The third-order valence-corrected chi connectivity index (χ3v) is 4.06. The van der Waals surface area contributed by atoms with Crippen molar-refractivity contribution in [3.63, 3.8) is 0 Å². The minimum Gasteiger partial charge on any atom is -0.486 e. The van der Waals surface area contributed by atoms with Crippen LogP contribution in [0.3, 0.4) is 0 Å². The van der Waals surface area contributed by atoms with Crippen molar-refractivity contribution in [3.8, 4) is 11.5 Å². The molecule has 0 aliphatic carbocycles. The number of imidazole rings is 1. The van der Waals surface area contributed by atoms with E-state index in [-0.39, 0.29) is 18.9 Å². The number of nitrogens with zero attached hydrogens (tertiary/aromatic N) is 2. The molecule has 1 aliphatic rings. The number of para-hydroxylation sites is 2. The number of carbonyl (C=O) groups excluding carboxylic acids is 2. The van der Waals surface area contributed by atoms with Crippen LogP contribution in [0.25, 0.3) is 11.0 Å². The number of carbonyl (C=O) groups is 2. The van der Waals surface area contributed by atoms with Gasteiger partial charge in [-0.05, 0) is 30.3 Å². The molecule has 4 rings (SSSR count). The highest BCUT2D eigenvalue weighted by Gasteiger charge is 2.16. The van der Waals surface area contributed by atoms with Crippen LogP contribution >= 0.6 is 0 Å². The number of hydrogen-bond donors (Lipinski definition) is 0. The maximum absolute atomic E-state index is 12.3. The smallest absolute Gasteiger partial charge is 0.326 e. The summed E-state index contributed by atoms with van der Waals surface area (Å²) in [7, 11) is 0. The minimum absolute atomic E-state index is 0.00503. The van der Waals surface area contributed by atoms with Gasteiger partial charge in [0, 0.05) is 5.56 Å². The first-order valence-corrected chi connectivity index (χ1v) is 8.19. The summed E-state index contributed by atoms with van der Waals surface area (Å²) in [5.74, 6) is 0.333. The third-order valence-electron chi connectivity index (χ3n) is 4.06. The van der Waals surface area contributed by atoms with Crippen molar-refractivity contribution < 1.29 is 23.8 Å². The largest absolute Gasteiger partial charge is 0.486 e. The van der Waals surface area contributed by atoms with Gasteiger partial charge in [0.2, 0.25) is 0 Å². The number of Topliss-reactive ketones (excluding diaryl/α,β-unsaturated/α-hetero) is 1. The van der Waals surface area contributed by atoms with Crippen LogP contribution in [-0.2, 0) is 16.1 Å². The summed E-state index contributed by atoms with van der Waals surface area (Å²) in [6, 6.07) is 12.4. The van der Waals surface area contributed by atoms with Gasteiger partial charge in [0.1, 0.15) is 19.8 Å². The summed E-state index contributed by atoms with van der Waals surface area (Å²) < 4.78 is 17.7. The molecule has 2 aromatic carbocycles. The van der Waals surface area contributed by atoms with Crippen molar-refractivity contribution in [3.05, 3.63) is 54.4 Å². The number of hydrogen-bond acceptors (Lipinski definition) is 6. The summed E-state index contributed by atoms with van der Waals surface area (Å²) >= 11 is 0. The van der Waals surface area contributed by atoms with E-state index in [4.69, 9.17) is 14.2 Å². The highest BCUT2D eigenvalue weighted by Crippen LogP contribution is 2.30. The molecule has 7 heteroatoms. The van der Waals surface area contributed by atoms with E-state index in [1.54, 1.807) is 29.1 Å². The Morgan fingerprint density at radius 1 is 1.08 bits per heavy atom. The van der Waals surface area contributed by atoms with E-state index in [0.29, 0.717) is 30.3 Å². The third kappa shape index (κ3) is 3.23. The highest BCUT2D eigenvalue weighted by atomic mass is 16.6. The summed E-state index contributed by atoms with van der Waals surface area (Å²) in [4.78, 5) is 28.5. The van der Waals surface area contributed by atoms with Crippen molar-refractivity contribution >= 4 is 22.8 Å². The van der Waals surface area contributed by atoms with Crippen LogP contribution in [-0.4, -0.2) is 41.1 Å². The van der Waals surface area contributed by atoms with Gasteiger partial charge in [-0.2, -0.15) is 0 Å². The lowest BCUT2D eigenvalue weighted by Gasteiger charge is -2.18. The van der Waals surface area contributed by atoms with Gasteiger partial charge in [-0.1, -0.05) is 12.1 Å². The van der Waals surface area contributed by atoms with Gasteiger partial charge in [-0.25, -0.2) is 4.98 Å². The zero-order chi connectivity index (χ0) is 17.9. The molecule has 132 valence electrons. The Bertz CT molecular complexity index is 979. The molecule has 2 heterocycles. The van der Waals surface area contributed by atoms with Gasteiger partial charge in [-0.3, -0.25) is 9.59 Å². The number of ketones is 1. The molecule has 0 radical (unpaired) electrons. The van der Waals surface area contributed by atoms with Crippen LogP contribution < -0.4 is 9.47 Å². The number of benzene rings is 2. The Kier molecular flexibility index (Phi) is 4.27. The summed E-state index contributed by atoms with van der Waals surface area (Å²) in [6.07, 6.45) is 1.58. The molecule has 0 spiro atoms. The van der Waals surface area contributed by atoms with E-state index in [1.807, 2.05) is 24.3 Å². The molecule has 0 amide bonds. The first-order chi connectivity index (χ1) is 12.7. The zero-order valence-corrected chi connectivity index (χ0v) is 13.9. The van der Waals surface area contributed by atoms with Crippen molar-refractivity contribution in [1.82, 2.24) is 9.55 Å². The number of fused-ring (bicyclic) bond motifs is 2. The fourth-order valence-corrected chi connectivity index (χ4v) is 2.77. The van der Waals surface area contributed by atoms with Gasteiger partial charge >= 0.3 is 5.97 Å². The van der Waals surface area contributed by atoms with Crippen LogP contribution in [0.5, 0.6) is 11.5 Å². The lowest BCUT2D eigenvalue weighted by atomic mass is 10.1. The van der Waals surface area contributed by atoms with E-state index >= 15 is 0 Å². The minimum atomic E-state index is -0.501. The van der Waals surface area contributed by atoms with E-state index < -0.39 is 5.97 Å². The average molecular weight is 352 g/mol. The Labute approximate surface area is 149 Å². The molecule has 1 aromatic heterocycles. The maximum atomic E-state index is 12.3. The van der Waals surface area contributed by atoms with Gasteiger partial charge in [0.15, 0.2) is 23.9 Å². The SMILES string of the molecule is O=C(Cn1cnc2ccccc21)OCC(=O)c1ccc2c(c1)OCCO2. The van der Waals surface area contributed by atoms with Crippen molar-refractivity contribution in [2.45, 2.75) is 6.54 Å². The van der Waals surface area contributed by atoms with Crippen molar-refractivity contribution in [2.24, 2.45) is 0 Å². The van der Waals surface area contributed by atoms with E-state index in [0.717, 1.165) is 11.0 Å². The number of rotatable bonds is 5. The van der Waals surface area contributed by atoms with Crippen molar-refractivity contribution in [1.29, 1.82) is 0 Å². The van der Waals surface area contributed by atoms with Gasteiger partial charge in [0.25, 0.3) is 0 Å². The van der Waals surface area contributed by atoms with Gasteiger partial charge in [0.05, 0.1) is 17.4 Å². The molecular weight excluding hydrogens is 336 g/mol. The van der Waals surface area contributed by atoms with E-state index in [1.165, 1.54) is 0 Å². The molecule has 0 bridgehead atoms. The number of aromatic nitrogens is 2. The molecule has 0 saturated heterocycles. The molecule has 0 atom stereocenters. The van der Waals surface area contributed by atoms with Crippen molar-refractivity contribution in [2.75, 3.05) is 19.8 Å². The first kappa shape index (κ1) is 16.1. The molecule has 0 saturated carbocycles. The Morgan fingerprint density at radius 2 is 1.88 bits per heavy atom. The standard InChI is InChI=1S/C19H16N2O5/c22-16(13-5-6-17-18(9-13)25-8-7-24-17)11-26-19(23)10-21-12-20-14-3-1-2-4-15(14)21/h1-6,9,12H,7-8,10-11H2. The highest BCUT2D eigenvalue weighted by molar-refractivity contribution is 5.98. The molecule has 3 aromatic rings.